The molecule has 0 aliphatic carbocycles. The quantitative estimate of drug-likeness (QED) is 0.503. The van der Waals surface area contributed by atoms with Gasteiger partial charge in [0, 0.05) is 37.4 Å². The minimum Gasteiger partial charge on any atom is -0.497 e. The molecule has 0 bridgehead atoms. The van der Waals surface area contributed by atoms with Gasteiger partial charge < -0.3 is 28.3 Å². The van der Waals surface area contributed by atoms with Crippen molar-refractivity contribution in [3.63, 3.8) is 0 Å². The molecule has 2 aromatic carbocycles. The zero-order valence-electron chi connectivity index (χ0n) is 18.3. The summed E-state index contributed by atoms with van der Waals surface area (Å²) in [6, 6.07) is 9.13. The van der Waals surface area contributed by atoms with E-state index in [-0.39, 0.29) is 12.3 Å². The Labute approximate surface area is 184 Å². The van der Waals surface area contributed by atoms with Gasteiger partial charge in [-0.25, -0.2) is 0 Å². The van der Waals surface area contributed by atoms with E-state index < -0.39 is 0 Å². The van der Waals surface area contributed by atoms with E-state index in [1.54, 1.807) is 47.7 Å². The molecule has 3 rings (SSSR count). The van der Waals surface area contributed by atoms with E-state index >= 15 is 0 Å². The molecule has 0 aliphatic rings. The molecular formula is C22H26N2O6S. The van der Waals surface area contributed by atoms with Gasteiger partial charge in [0.15, 0.2) is 16.3 Å². The van der Waals surface area contributed by atoms with Gasteiger partial charge in [-0.1, -0.05) is 17.4 Å². The Hall–Kier alpha value is -3.04. The fraction of sp³-hybridized carbons (Fsp3) is 0.364. The van der Waals surface area contributed by atoms with Crippen molar-refractivity contribution in [1.29, 1.82) is 0 Å². The van der Waals surface area contributed by atoms with Gasteiger partial charge in [-0.2, -0.15) is 4.99 Å². The maximum absolute atomic E-state index is 12.8. The first-order chi connectivity index (χ1) is 15.0. The van der Waals surface area contributed by atoms with Crippen molar-refractivity contribution in [1.82, 2.24) is 4.57 Å². The Kier molecular flexibility index (Phi) is 7.54. The first kappa shape index (κ1) is 22.6. The number of benzene rings is 2. The smallest absolute Gasteiger partial charge is 0.252 e. The molecule has 0 spiro atoms. The lowest BCUT2D eigenvalue weighted by atomic mass is 10.1. The topological polar surface area (TPSA) is 80.5 Å². The van der Waals surface area contributed by atoms with Gasteiger partial charge in [-0.05, 0) is 6.07 Å². The number of carbonyl (C=O) groups is 1. The fourth-order valence-corrected chi connectivity index (χ4v) is 4.27. The van der Waals surface area contributed by atoms with Gasteiger partial charge in [-0.3, -0.25) is 4.79 Å². The molecule has 0 N–H and O–H groups in total. The molecule has 166 valence electrons. The van der Waals surface area contributed by atoms with Crippen LogP contribution < -0.4 is 23.7 Å². The SMILES string of the molecule is COCCn1c(=NC(=O)Cc2ccc(OC)cc2OC)sc2cc(OC)c(OC)cc21. The molecule has 3 aromatic rings. The number of methoxy groups -OCH3 is 5. The van der Waals surface area contributed by atoms with Crippen LogP contribution in [0.5, 0.6) is 23.0 Å². The number of carbonyl (C=O) groups excluding carboxylic acids is 1. The molecule has 0 aliphatic heterocycles. The maximum atomic E-state index is 12.8. The third kappa shape index (κ3) is 5.00. The van der Waals surface area contributed by atoms with Gasteiger partial charge >= 0.3 is 0 Å². The number of rotatable bonds is 9. The normalized spacial score (nSPS) is 11.6. The highest BCUT2D eigenvalue weighted by molar-refractivity contribution is 7.16. The molecule has 1 heterocycles. The van der Waals surface area contributed by atoms with Gasteiger partial charge in [0.2, 0.25) is 0 Å². The van der Waals surface area contributed by atoms with Crippen molar-refractivity contribution in [2.45, 2.75) is 13.0 Å². The molecule has 8 nitrogen and oxygen atoms in total. The highest BCUT2D eigenvalue weighted by Gasteiger charge is 2.14. The Morgan fingerprint density at radius 3 is 2.29 bits per heavy atom. The molecule has 0 radical (unpaired) electrons. The minimum atomic E-state index is -0.278. The molecule has 9 heteroatoms. The lowest BCUT2D eigenvalue weighted by molar-refractivity contribution is -0.117. The number of ether oxygens (including phenoxy) is 5. The number of fused-ring (bicyclic) bond motifs is 1. The first-order valence-corrected chi connectivity index (χ1v) is 10.4. The number of nitrogens with zero attached hydrogens (tertiary/aromatic N) is 2. The second kappa shape index (κ2) is 10.3. The number of hydrogen-bond donors (Lipinski definition) is 0. The van der Waals surface area contributed by atoms with Crippen molar-refractivity contribution < 1.29 is 28.5 Å². The van der Waals surface area contributed by atoms with E-state index in [2.05, 4.69) is 4.99 Å². The number of thiazole rings is 1. The Bertz CT molecular complexity index is 1130. The molecule has 0 saturated heterocycles. The number of aromatic nitrogens is 1. The van der Waals surface area contributed by atoms with Crippen LogP contribution in [0.2, 0.25) is 0 Å². The van der Waals surface area contributed by atoms with Crippen LogP contribution in [0.15, 0.2) is 35.3 Å². The average Bonchev–Trinajstić information content (AvgIpc) is 3.12. The first-order valence-electron chi connectivity index (χ1n) is 9.57. The van der Waals surface area contributed by atoms with Crippen LogP contribution in [0, 0.1) is 0 Å². The van der Waals surface area contributed by atoms with Crippen LogP contribution in [0.3, 0.4) is 0 Å². The lowest BCUT2D eigenvalue weighted by Crippen LogP contribution is -2.20. The standard InChI is InChI=1S/C22H26N2O6S/c1-26-9-8-24-16-12-18(29-4)19(30-5)13-20(16)31-22(24)23-21(25)10-14-6-7-15(27-2)11-17(14)28-3/h6-7,11-13H,8-10H2,1-5H3. The van der Waals surface area contributed by atoms with Crippen LogP contribution in [0.1, 0.15) is 5.56 Å². The zero-order chi connectivity index (χ0) is 22.4. The van der Waals surface area contributed by atoms with Crippen LogP contribution in [-0.2, 0) is 22.5 Å². The average molecular weight is 447 g/mol. The molecule has 0 fully saturated rings. The van der Waals surface area contributed by atoms with Gasteiger partial charge in [0.05, 0.1) is 51.7 Å². The van der Waals surface area contributed by atoms with Gasteiger partial charge in [0.25, 0.3) is 5.91 Å². The monoisotopic (exact) mass is 446 g/mol. The molecular weight excluding hydrogens is 420 g/mol. The summed E-state index contributed by atoms with van der Waals surface area (Å²) in [6.07, 6.45) is 0.109. The summed E-state index contributed by atoms with van der Waals surface area (Å²) in [5, 5.41) is 0. The highest BCUT2D eigenvalue weighted by atomic mass is 32.1. The van der Waals surface area contributed by atoms with Crippen LogP contribution in [0.25, 0.3) is 10.2 Å². The number of amides is 1. The fourth-order valence-electron chi connectivity index (χ4n) is 3.19. The highest BCUT2D eigenvalue weighted by Crippen LogP contribution is 2.33. The van der Waals surface area contributed by atoms with Crippen LogP contribution >= 0.6 is 11.3 Å². The number of hydrogen-bond acceptors (Lipinski definition) is 7. The summed E-state index contributed by atoms with van der Waals surface area (Å²) in [5.74, 6) is 2.20. The molecule has 31 heavy (non-hydrogen) atoms. The van der Waals surface area contributed by atoms with Crippen molar-refractivity contribution in [2.75, 3.05) is 42.2 Å². The molecule has 0 unspecified atom stereocenters. The zero-order valence-corrected chi connectivity index (χ0v) is 19.1. The largest absolute Gasteiger partial charge is 0.497 e. The Balaban J connectivity index is 2.02. The molecule has 1 aromatic heterocycles. The Morgan fingerprint density at radius 1 is 0.935 bits per heavy atom. The van der Waals surface area contributed by atoms with E-state index in [9.17, 15) is 4.79 Å². The van der Waals surface area contributed by atoms with Crippen LogP contribution in [-0.4, -0.2) is 52.6 Å². The minimum absolute atomic E-state index is 0.109. The van der Waals surface area contributed by atoms with E-state index in [0.29, 0.717) is 41.0 Å². The lowest BCUT2D eigenvalue weighted by Gasteiger charge is -2.09. The van der Waals surface area contributed by atoms with Gasteiger partial charge in [0.1, 0.15) is 11.5 Å². The summed E-state index contributed by atoms with van der Waals surface area (Å²) in [4.78, 5) is 17.8. The van der Waals surface area contributed by atoms with Gasteiger partial charge in [-0.15, -0.1) is 0 Å². The molecule has 0 atom stereocenters. The van der Waals surface area contributed by atoms with Crippen molar-refractivity contribution >= 4 is 27.5 Å². The van der Waals surface area contributed by atoms with Crippen molar-refractivity contribution in [2.24, 2.45) is 4.99 Å². The maximum Gasteiger partial charge on any atom is 0.252 e. The van der Waals surface area contributed by atoms with Crippen molar-refractivity contribution in [3.05, 3.63) is 40.7 Å². The van der Waals surface area contributed by atoms with Crippen LogP contribution in [0.4, 0.5) is 0 Å². The summed E-state index contributed by atoms with van der Waals surface area (Å²) >= 11 is 1.41. The predicted molar refractivity (Wildman–Crippen MR) is 119 cm³/mol. The Morgan fingerprint density at radius 2 is 1.65 bits per heavy atom. The summed E-state index contributed by atoms with van der Waals surface area (Å²) in [5.41, 5.74) is 1.64. The predicted octanol–water partition coefficient (Wildman–Crippen LogP) is 3.05. The van der Waals surface area contributed by atoms with E-state index in [1.807, 2.05) is 22.8 Å². The third-order valence-electron chi connectivity index (χ3n) is 4.76. The second-order valence-electron chi connectivity index (χ2n) is 6.56. The third-order valence-corrected chi connectivity index (χ3v) is 5.80. The second-order valence-corrected chi connectivity index (χ2v) is 7.57. The van der Waals surface area contributed by atoms with E-state index in [1.165, 1.54) is 11.3 Å². The summed E-state index contributed by atoms with van der Waals surface area (Å²) < 4.78 is 29.6. The molecule has 1 amide bonds. The van der Waals surface area contributed by atoms with Crippen molar-refractivity contribution in [3.8, 4) is 23.0 Å². The van der Waals surface area contributed by atoms with E-state index in [0.717, 1.165) is 15.8 Å². The summed E-state index contributed by atoms with van der Waals surface area (Å²) in [7, 11) is 7.96. The van der Waals surface area contributed by atoms with E-state index in [4.69, 9.17) is 23.7 Å². The summed E-state index contributed by atoms with van der Waals surface area (Å²) in [6.45, 7) is 1.03. The molecule has 0 saturated carbocycles.